The summed E-state index contributed by atoms with van der Waals surface area (Å²) in [5, 5.41) is 0.874. The van der Waals surface area contributed by atoms with Gasteiger partial charge < -0.3 is 9.72 Å². The summed E-state index contributed by atoms with van der Waals surface area (Å²) in [7, 11) is 0. The zero-order chi connectivity index (χ0) is 17.5. The van der Waals surface area contributed by atoms with E-state index in [-0.39, 0.29) is 11.5 Å². The van der Waals surface area contributed by atoms with Crippen LogP contribution in [0.15, 0.2) is 48.7 Å². The van der Waals surface area contributed by atoms with Gasteiger partial charge in [0, 0.05) is 17.3 Å². The van der Waals surface area contributed by atoms with Gasteiger partial charge in [-0.2, -0.15) is 0 Å². The van der Waals surface area contributed by atoms with Crippen LogP contribution in [0.4, 0.5) is 0 Å². The van der Waals surface area contributed by atoms with Crippen molar-refractivity contribution in [2.75, 3.05) is 0 Å². The molecule has 2 aromatic carbocycles. The second-order valence-corrected chi connectivity index (χ2v) is 5.43. The predicted octanol–water partition coefficient (Wildman–Crippen LogP) is 4.67. The van der Waals surface area contributed by atoms with Crippen molar-refractivity contribution in [3.8, 4) is 5.75 Å². The Hall–Kier alpha value is -2.59. The Balaban J connectivity index is 0.000000647. The minimum Gasteiger partial charge on any atom is -0.488 e. The van der Waals surface area contributed by atoms with Crippen LogP contribution in [0.5, 0.6) is 5.75 Å². The van der Waals surface area contributed by atoms with E-state index >= 15 is 0 Å². The fourth-order valence-electron chi connectivity index (χ4n) is 2.49. The first-order valence-corrected chi connectivity index (χ1v) is 7.84. The number of benzene rings is 2. The maximum Gasteiger partial charge on any atom is 0.208 e. The number of H-pyrrole nitrogens is 1. The highest BCUT2D eigenvalue weighted by Gasteiger charge is 2.15. The molecule has 0 atom stereocenters. The molecule has 5 heteroatoms. The van der Waals surface area contributed by atoms with Gasteiger partial charge in [0.05, 0.1) is 5.39 Å². The van der Waals surface area contributed by atoms with Crippen molar-refractivity contribution in [3.63, 3.8) is 0 Å². The third kappa shape index (κ3) is 4.03. The number of aromatic nitrogens is 1. The van der Waals surface area contributed by atoms with E-state index in [1.165, 1.54) is 0 Å². The van der Waals surface area contributed by atoms with Gasteiger partial charge in [0.1, 0.15) is 12.4 Å². The van der Waals surface area contributed by atoms with E-state index in [1.807, 2.05) is 49.4 Å². The molecule has 0 radical (unpaired) electrons. The highest BCUT2D eigenvalue weighted by atomic mass is 35.5. The minimum atomic E-state index is 0.0383. The number of Topliss-reactive ketones (excluding diaryl/α,β-unsaturated/α-hetero) is 1. The van der Waals surface area contributed by atoms with Gasteiger partial charge in [-0.1, -0.05) is 36.4 Å². The minimum absolute atomic E-state index is 0.0383. The summed E-state index contributed by atoms with van der Waals surface area (Å²) in [6.45, 7) is 4.06. The van der Waals surface area contributed by atoms with Crippen LogP contribution in [0.25, 0.3) is 10.9 Å². The van der Waals surface area contributed by atoms with Gasteiger partial charge in [0.15, 0.2) is 5.78 Å². The van der Waals surface area contributed by atoms with Crippen molar-refractivity contribution >= 4 is 34.0 Å². The van der Waals surface area contributed by atoms with E-state index in [9.17, 15) is 4.79 Å². The lowest BCUT2D eigenvalue weighted by molar-refractivity contribution is 0.101. The van der Waals surface area contributed by atoms with Crippen molar-refractivity contribution in [2.45, 2.75) is 20.5 Å². The number of rotatable bonds is 4. The number of carbonyl (C=O) groups excluding carboxylic acids is 2. The number of ketones is 1. The average molecular weight is 344 g/mol. The van der Waals surface area contributed by atoms with Crippen molar-refractivity contribution < 1.29 is 14.3 Å². The van der Waals surface area contributed by atoms with E-state index in [2.05, 4.69) is 16.6 Å². The van der Waals surface area contributed by atoms with E-state index < -0.39 is 0 Å². The first-order valence-electron chi connectivity index (χ1n) is 7.40. The number of hydrogen-bond donors (Lipinski definition) is 1. The summed E-state index contributed by atoms with van der Waals surface area (Å²) in [4.78, 5) is 23.5. The Kier molecular flexibility index (Phi) is 6.15. The second kappa shape index (κ2) is 8.31. The Morgan fingerprint density at radius 1 is 1.21 bits per heavy atom. The van der Waals surface area contributed by atoms with E-state index in [1.54, 1.807) is 13.1 Å². The van der Waals surface area contributed by atoms with E-state index in [0.717, 1.165) is 27.8 Å². The summed E-state index contributed by atoms with van der Waals surface area (Å²) in [5.74, 6) is 1.04. The van der Waals surface area contributed by atoms with Crippen LogP contribution >= 0.6 is 11.6 Å². The molecule has 0 saturated carbocycles. The smallest absolute Gasteiger partial charge is 0.208 e. The second-order valence-electron chi connectivity index (χ2n) is 5.26. The van der Waals surface area contributed by atoms with Gasteiger partial charge in [0.25, 0.3) is 0 Å². The Morgan fingerprint density at radius 3 is 2.50 bits per heavy atom. The quantitative estimate of drug-likeness (QED) is 0.425. The number of aromatic amines is 1. The summed E-state index contributed by atoms with van der Waals surface area (Å²) < 4.78 is 6.01. The van der Waals surface area contributed by atoms with E-state index in [0.29, 0.717) is 12.2 Å². The molecule has 0 amide bonds. The molecule has 4 nitrogen and oxygen atoms in total. The van der Waals surface area contributed by atoms with E-state index in [4.69, 9.17) is 9.53 Å². The molecule has 0 spiro atoms. The van der Waals surface area contributed by atoms with Crippen LogP contribution < -0.4 is 4.74 Å². The monoisotopic (exact) mass is 343 g/mol. The van der Waals surface area contributed by atoms with Gasteiger partial charge in [-0.3, -0.25) is 9.59 Å². The highest BCUT2D eigenvalue weighted by molar-refractivity contribution is 6.54. The van der Waals surface area contributed by atoms with Crippen LogP contribution in [-0.2, 0) is 11.4 Å². The zero-order valence-electron chi connectivity index (χ0n) is 13.5. The Morgan fingerprint density at radius 2 is 1.88 bits per heavy atom. The Labute approximate surface area is 145 Å². The van der Waals surface area contributed by atoms with Crippen molar-refractivity contribution in [3.05, 3.63) is 65.4 Å². The molecule has 3 aromatic rings. The lowest BCUT2D eigenvalue weighted by atomic mass is 10.1. The number of aryl methyl sites for hydroxylation is 1. The van der Waals surface area contributed by atoms with Gasteiger partial charge >= 0.3 is 0 Å². The normalized spacial score (nSPS) is 9.96. The van der Waals surface area contributed by atoms with Crippen molar-refractivity contribution in [1.82, 2.24) is 4.98 Å². The number of hydrogen-bond acceptors (Lipinski definition) is 3. The van der Waals surface area contributed by atoms with Crippen molar-refractivity contribution in [1.29, 1.82) is 0 Å². The molecular weight excluding hydrogens is 326 g/mol. The molecule has 0 aliphatic rings. The molecular formula is C19H18ClNO3. The molecule has 1 aromatic heterocycles. The lowest BCUT2D eigenvalue weighted by Crippen LogP contribution is -1.99. The molecule has 124 valence electrons. The summed E-state index contributed by atoms with van der Waals surface area (Å²) in [6, 6.07) is 14.0. The molecule has 24 heavy (non-hydrogen) atoms. The highest BCUT2D eigenvalue weighted by Crippen LogP contribution is 2.33. The maximum absolute atomic E-state index is 11.8. The number of nitrogens with one attached hydrogen (secondary N) is 1. The topological polar surface area (TPSA) is 59.2 Å². The fraction of sp³-hybridized carbons (Fsp3) is 0.158. The van der Waals surface area contributed by atoms with Gasteiger partial charge in [-0.25, -0.2) is 0 Å². The van der Waals surface area contributed by atoms with Crippen LogP contribution in [0.3, 0.4) is 0 Å². The molecule has 0 saturated heterocycles. The SMILES string of the molecule is CC(=O)c1c[nH]c2ccc(C)c(OCc3ccccc3)c12.O=CCl. The number of carbonyl (C=O) groups is 2. The first kappa shape index (κ1) is 17.8. The molecule has 1 heterocycles. The standard InChI is InChI=1S/C18H17NO2.CHClO/c1-12-8-9-16-17(15(10-19-16)13(2)20)18(12)21-11-14-6-4-3-5-7-14;2-1-3/h3-10,19H,11H2,1-2H3;1H. The Bertz CT molecular complexity index is 840. The maximum atomic E-state index is 11.8. The molecule has 3 rings (SSSR count). The largest absolute Gasteiger partial charge is 0.488 e. The lowest BCUT2D eigenvalue weighted by Gasteiger charge is -2.11. The number of halogens is 1. The van der Waals surface area contributed by atoms with Crippen LogP contribution in [0, 0.1) is 6.92 Å². The van der Waals surface area contributed by atoms with Gasteiger partial charge in [-0.15, -0.1) is 0 Å². The number of fused-ring (bicyclic) bond motifs is 1. The molecule has 0 bridgehead atoms. The van der Waals surface area contributed by atoms with Crippen LogP contribution in [-0.4, -0.2) is 16.5 Å². The zero-order valence-corrected chi connectivity index (χ0v) is 14.3. The molecule has 0 aliphatic heterocycles. The summed E-state index contributed by atoms with van der Waals surface area (Å²) >= 11 is 4.32. The molecule has 1 N–H and O–H groups in total. The third-order valence-corrected chi connectivity index (χ3v) is 3.60. The van der Waals surface area contributed by atoms with Crippen LogP contribution in [0.1, 0.15) is 28.4 Å². The third-order valence-electron chi connectivity index (χ3n) is 3.60. The van der Waals surface area contributed by atoms with Crippen LogP contribution in [0.2, 0.25) is 0 Å². The number of ether oxygens (including phenoxy) is 1. The molecule has 0 unspecified atom stereocenters. The van der Waals surface area contributed by atoms with Gasteiger partial charge in [-0.05, 0) is 42.6 Å². The summed E-state index contributed by atoms with van der Waals surface area (Å²) in [6.07, 6.45) is 1.75. The first-order chi connectivity index (χ1) is 11.6. The fourth-order valence-corrected chi connectivity index (χ4v) is 2.49. The molecule has 0 aliphatic carbocycles. The molecule has 0 fully saturated rings. The average Bonchev–Trinajstić information content (AvgIpc) is 3.00. The van der Waals surface area contributed by atoms with Gasteiger partial charge in [0.2, 0.25) is 5.75 Å². The van der Waals surface area contributed by atoms with Crippen molar-refractivity contribution in [2.24, 2.45) is 0 Å². The summed E-state index contributed by atoms with van der Waals surface area (Å²) in [5.41, 5.74) is 3.74. The predicted molar refractivity (Wildman–Crippen MR) is 96.4 cm³/mol.